The summed E-state index contributed by atoms with van der Waals surface area (Å²) in [6.07, 6.45) is 2.17. The van der Waals surface area contributed by atoms with Crippen LogP contribution in [0, 0.1) is 5.82 Å². The van der Waals surface area contributed by atoms with Gasteiger partial charge >= 0.3 is 0 Å². The van der Waals surface area contributed by atoms with Crippen LogP contribution in [0.1, 0.15) is 36.6 Å². The summed E-state index contributed by atoms with van der Waals surface area (Å²) < 4.78 is 16.9. The van der Waals surface area contributed by atoms with E-state index in [1.54, 1.807) is 0 Å². The van der Waals surface area contributed by atoms with Crippen molar-refractivity contribution in [3.63, 3.8) is 0 Å². The Morgan fingerprint density at radius 1 is 0.744 bits per heavy atom. The fraction of sp³-hybridized carbons (Fsp3) is 0.206. The average Bonchev–Trinajstić information content (AvgIpc) is 3.33. The molecule has 0 saturated heterocycles. The molecule has 0 atom stereocenters. The van der Waals surface area contributed by atoms with Crippen LogP contribution in [0.3, 0.4) is 0 Å². The molecular weight excluding hydrogens is 549 g/mol. The number of unbranched alkanes of at least 4 members (excludes halogenated alkanes) is 1. The van der Waals surface area contributed by atoms with Crippen molar-refractivity contribution >= 4 is 15.9 Å². The minimum atomic E-state index is -0.245. The second-order valence-corrected chi connectivity index (χ2v) is 10.7. The van der Waals surface area contributed by atoms with Gasteiger partial charge < -0.3 is 4.57 Å². The van der Waals surface area contributed by atoms with Crippen LogP contribution in [-0.4, -0.2) is 14.5 Å². The highest BCUT2D eigenvalue weighted by Crippen LogP contribution is 2.32. The number of rotatable bonds is 11. The fourth-order valence-corrected chi connectivity index (χ4v) is 5.38. The summed E-state index contributed by atoms with van der Waals surface area (Å²) in [5, 5.41) is 0. The second kappa shape index (κ2) is 13.0. The Morgan fingerprint density at radius 3 is 2.00 bits per heavy atom. The van der Waals surface area contributed by atoms with Crippen molar-refractivity contribution in [2.45, 2.75) is 45.9 Å². The summed E-state index contributed by atoms with van der Waals surface area (Å²) in [6.45, 7) is 5.28. The topological polar surface area (TPSA) is 21.1 Å². The van der Waals surface area contributed by atoms with E-state index in [1.807, 2.05) is 30.3 Å². The van der Waals surface area contributed by atoms with Crippen molar-refractivity contribution in [2.75, 3.05) is 0 Å². The van der Waals surface area contributed by atoms with E-state index in [2.05, 4.69) is 105 Å². The van der Waals surface area contributed by atoms with Gasteiger partial charge in [-0.2, -0.15) is 0 Å². The van der Waals surface area contributed by atoms with Crippen LogP contribution in [0.4, 0.5) is 4.39 Å². The molecule has 0 fully saturated rings. The second-order valence-electron chi connectivity index (χ2n) is 9.85. The Balaban J connectivity index is 1.61. The molecule has 0 aliphatic carbocycles. The molecule has 0 saturated carbocycles. The molecule has 198 valence electrons. The van der Waals surface area contributed by atoms with E-state index >= 15 is 0 Å². The maximum atomic E-state index is 14.0. The standard InChI is InChI=1S/C34H33BrFN3/c1-2-3-21-39-32(33(28-15-9-5-10-16-28)37-34(39)29-17-11-6-12-18-29)25-38(23-26-13-7-4-8-14-26)24-27-19-20-31(36)30(35)22-27/h4-20,22H,2-3,21,23-25H2,1H3. The summed E-state index contributed by atoms with van der Waals surface area (Å²) in [5.74, 6) is 0.756. The SMILES string of the molecule is CCCCn1c(-c2ccccc2)nc(-c2ccccc2)c1CN(Cc1ccccc1)Cc1ccc(F)c(Br)c1. The molecule has 5 rings (SSSR count). The van der Waals surface area contributed by atoms with Crippen LogP contribution in [0.2, 0.25) is 0 Å². The van der Waals surface area contributed by atoms with Crippen molar-refractivity contribution in [1.29, 1.82) is 0 Å². The average molecular weight is 583 g/mol. The van der Waals surface area contributed by atoms with Gasteiger partial charge in [-0.15, -0.1) is 0 Å². The molecular formula is C34H33BrFN3. The number of halogens is 2. The van der Waals surface area contributed by atoms with E-state index in [-0.39, 0.29) is 5.82 Å². The third kappa shape index (κ3) is 6.73. The Morgan fingerprint density at radius 2 is 1.36 bits per heavy atom. The number of benzene rings is 4. The van der Waals surface area contributed by atoms with Crippen molar-refractivity contribution in [1.82, 2.24) is 14.5 Å². The highest BCUT2D eigenvalue weighted by molar-refractivity contribution is 9.10. The molecule has 5 heteroatoms. The summed E-state index contributed by atoms with van der Waals surface area (Å²) in [6, 6.07) is 36.8. The molecule has 0 bridgehead atoms. The predicted octanol–water partition coefficient (Wildman–Crippen LogP) is 9.12. The molecule has 0 radical (unpaired) electrons. The van der Waals surface area contributed by atoms with Gasteiger partial charge in [0.1, 0.15) is 11.6 Å². The van der Waals surface area contributed by atoms with Gasteiger partial charge in [0.05, 0.1) is 15.9 Å². The molecule has 0 aliphatic rings. The Labute approximate surface area is 239 Å². The van der Waals surface area contributed by atoms with Crippen LogP contribution in [-0.2, 0) is 26.2 Å². The zero-order valence-electron chi connectivity index (χ0n) is 22.2. The van der Waals surface area contributed by atoms with Gasteiger partial charge in [0.2, 0.25) is 0 Å². The zero-order chi connectivity index (χ0) is 27.0. The third-order valence-electron chi connectivity index (χ3n) is 6.90. The van der Waals surface area contributed by atoms with E-state index in [9.17, 15) is 4.39 Å². The van der Waals surface area contributed by atoms with Gasteiger partial charge in [-0.1, -0.05) is 110 Å². The molecule has 4 aromatic carbocycles. The van der Waals surface area contributed by atoms with Crippen molar-refractivity contribution in [2.24, 2.45) is 0 Å². The lowest BCUT2D eigenvalue weighted by atomic mass is 10.1. The maximum absolute atomic E-state index is 14.0. The van der Waals surface area contributed by atoms with E-state index in [0.29, 0.717) is 17.6 Å². The largest absolute Gasteiger partial charge is 0.326 e. The lowest BCUT2D eigenvalue weighted by molar-refractivity contribution is 0.241. The van der Waals surface area contributed by atoms with Gasteiger partial charge in [0, 0.05) is 37.3 Å². The van der Waals surface area contributed by atoms with Crippen molar-refractivity contribution < 1.29 is 4.39 Å². The van der Waals surface area contributed by atoms with E-state index in [1.165, 1.54) is 17.3 Å². The minimum absolute atomic E-state index is 0.245. The lowest BCUT2D eigenvalue weighted by Crippen LogP contribution is -2.24. The van der Waals surface area contributed by atoms with Crippen LogP contribution in [0.5, 0.6) is 0 Å². The Bertz CT molecular complexity index is 1480. The minimum Gasteiger partial charge on any atom is -0.326 e. The fourth-order valence-electron chi connectivity index (χ4n) is 4.96. The summed E-state index contributed by atoms with van der Waals surface area (Å²) in [4.78, 5) is 7.70. The quantitative estimate of drug-likeness (QED) is 0.155. The van der Waals surface area contributed by atoms with Crippen molar-refractivity contribution in [3.8, 4) is 22.6 Å². The molecule has 0 spiro atoms. The third-order valence-corrected chi connectivity index (χ3v) is 7.51. The maximum Gasteiger partial charge on any atom is 0.140 e. The zero-order valence-corrected chi connectivity index (χ0v) is 23.8. The normalized spacial score (nSPS) is 11.3. The number of hydrogen-bond donors (Lipinski definition) is 0. The molecule has 0 aliphatic heterocycles. The summed E-state index contributed by atoms with van der Waals surface area (Å²) in [5.41, 5.74) is 6.75. The molecule has 0 N–H and O–H groups in total. The first kappa shape index (κ1) is 27.0. The predicted molar refractivity (Wildman–Crippen MR) is 161 cm³/mol. The van der Waals surface area contributed by atoms with Gasteiger partial charge in [-0.25, -0.2) is 9.37 Å². The first-order chi connectivity index (χ1) is 19.1. The van der Waals surface area contributed by atoms with Crippen LogP contribution >= 0.6 is 15.9 Å². The highest BCUT2D eigenvalue weighted by atomic mass is 79.9. The molecule has 1 heterocycles. The molecule has 0 amide bonds. The number of imidazole rings is 1. The number of nitrogens with zero attached hydrogens (tertiary/aromatic N) is 3. The molecule has 39 heavy (non-hydrogen) atoms. The number of hydrogen-bond acceptors (Lipinski definition) is 2. The first-order valence-electron chi connectivity index (χ1n) is 13.5. The summed E-state index contributed by atoms with van der Waals surface area (Å²) in [7, 11) is 0. The smallest absolute Gasteiger partial charge is 0.140 e. The lowest BCUT2D eigenvalue weighted by Gasteiger charge is -2.25. The molecule has 0 unspecified atom stereocenters. The Kier molecular flexibility index (Phi) is 9.02. The van der Waals surface area contributed by atoms with E-state index in [0.717, 1.165) is 54.1 Å². The van der Waals surface area contributed by atoms with Gasteiger partial charge in [0.15, 0.2) is 0 Å². The van der Waals surface area contributed by atoms with Crippen LogP contribution in [0.15, 0.2) is 114 Å². The molecule has 1 aromatic heterocycles. The molecule has 5 aromatic rings. The molecule has 3 nitrogen and oxygen atoms in total. The van der Waals surface area contributed by atoms with E-state index < -0.39 is 0 Å². The van der Waals surface area contributed by atoms with Gasteiger partial charge in [-0.05, 0) is 45.6 Å². The monoisotopic (exact) mass is 581 g/mol. The van der Waals surface area contributed by atoms with Crippen LogP contribution in [0.25, 0.3) is 22.6 Å². The number of aromatic nitrogens is 2. The Hall–Kier alpha value is -3.54. The van der Waals surface area contributed by atoms with Gasteiger partial charge in [-0.3, -0.25) is 4.90 Å². The first-order valence-corrected chi connectivity index (χ1v) is 14.3. The van der Waals surface area contributed by atoms with E-state index in [4.69, 9.17) is 4.98 Å². The van der Waals surface area contributed by atoms with Gasteiger partial charge in [0.25, 0.3) is 0 Å². The van der Waals surface area contributed by atoms with Crippen molar-refractivity contribution in [3.05, 3.63) is 136 Å². The summed E-state index contributed by atoms with van der Waals surface area (Å²) >= 11 is 3.37. The highest BCUT2D eigenvalue weighted by Gasteiger charge is 2.22. The van der Waals surface area contributed by atoms with Crippen LogP contribution < -0.4 is 0 Å².